The minimum Gasteiger partial charge on any atom is -0.302 e. The summed E-state index contributed by atoms with van der Waals surface area (Å²) in [6.45, 7) is -0.0605. The Kier molecular flexibility index (Phi) is 3.65. The maximum atomic E-state index is 13.5. The van der Waals surface area contributed by atoms with Crippen LogP contribution in [-0.2, 0) is 13.6 Å². The molecule has 0 atom stereocenters. The van der Waals surface area contributed by atoms with E-state index in [0.29, 0.717) is 9.13 Å². The van der Waals surface area contributed by atoms with Crippen molar-refractivity contribution in [2.75, 3.05) is 0 Å². The average molecular weight is 360 g/mol. The third kappa shape index (κ3) is 2.38. The van der Waals surface area contributed by atoms with Crippen molar-refractivity contribution in [3.63, 3.8) is 0 Å². The van der Waals surface area contributed by atoms with Crippen LogP contribution in [-0.4, -0.2) is 9.13 Å². The van der Waals surface area contributed by atoms with Crippen molar-refractivity contribution < 1.29 is 4.39 Å². The summed E-state index contributed by atoms with van der Waals surface area (Å²) in [5, 5.41) is 0. The minimum absolute atomic E-state index is 0.0605. The Hall–Kier alpha value is -1.44. The molecule has 0 aliphatic heterocycles. The van der Waals surface area contributed by atoms with E-state index in [1.54, 1.807) is 25.2 Å². The monoisotopic (exact) mass is 360 g/mol. The van der Waals surface area contributed by atoms with E-state index in [4.69, 9.17) is 0 Å². The summed E-state index contributed by atoms with van der Waals surface area (Å²) < 4.78 is 16.3. The normalized spacial score (nSPS) is 10.6. The van der Waals surface area contributed by atoms with Crippen LogP contribution in [0.5, 0.6) is 0 Å². The van der Waals surface area contributed by atoms with Crippen molar-refractivity contribution >= 4 is 22.6 Å². The molecule has 18 heavy (non-hydrogen) atoms. The van der Waals surface area contributed by atoms with Crippen molar-refractivity contribution in [3.8, 4) is 0 Å². The molecule has 94 valence electrons. The zero-order valence-electron chi connectivity index (χ0n) is 9.56. The maximum Gasteiger partial charge on any atom is 0.331 e. The Morgan fingerprint density at radius 3 is 2.61 bits per heavy atom. The highest BCUT2D eigenvalue weighted by molar-refractivity contribution is 14.1. The third-order valence-corrected chi connectivity index (χ3v) is 3.32. The van der Waals surface area contributed by atoms with Crippen molar-refractivity contribution in [1.82, 2.24) is 9.13 Å². The van der Waals surface area contributed by atoms with Crippen LogP contribution < -0.4 is 11.2 Å². The molecule has 0 amide bonds. The van der Waals surface area contributed by atoms with Gasteiger partial charge in [0.2, 0.25) is 0 Å². The van der Waals surface area contributed by atoms with E-state index in [2.05, 4.69) is 0 Å². The van der Waals surface area contributed by atoms with Crippen LogP contribution in [0.25, 0.3) is 0 Å². The first-order valence-corrected chi connectivity index (χ1v) is 6.28. The fraction of sp³-hybridized carbons (Fsp3) is 0.167. The van der Waals surface area contributed by atoms with Crippen LogP contribution in [0, 0.1) is 9.39 Å². The zero-order chi connectivity index (χ0) is 13.3. The second kappa shape index (κ2) is 5.05. The molecule has 0 spiro atoms. The number of hydrogen-bond acceptors (Lipinski definition) is 2. The summed E-state index contributed by atoms with van der Waals surface area (Å²) in [7, 11) is 1.56. The first kappa shape index (κ1) is 13.0. The van der Waals surface area contributed by atoms with Gasteiger partial charge < -0.3 is 4.57 Å². The second-order valence-corrected chi connectivity index (χ2v) is 5.02. The number of benzene rings is 1. The fourth-order valence-electron chi connectivity index (χ4n) is 1.62. The van der Waals surface area contributed by atoms with Gasteiger partial charge in [-0.05, 0) is 28.7 Å². The smallest absolute Gasteiger partial charge is 0.302 e. The number of rotatable bonds is 2. The predicted molar refractivity (Wildman–Crippen MR) is 74.2 cm³/mol. The molecule has 0 fully saturated rings. The Balaban J connectivity index is 2.57. The first-order valence-electron chi connectivity index (χ1n) is 5.20. The number of aryl methyl sites for hydroxylation is 1. The van der Waals surface area contributed by atoms with Crippen molar-refractivity contribution in [2.24, 2.45) is 7.05 Å². The maximum absolute atomic E-state index is 13.5. The van der Waals surface area contributed by atoms with Gasteiger partial charge in [0.25, 0.3) is 5.56 Å². The van der Waals surface area contributed by atoms with Crippen LogP contribution >= 0.6 is 22.6 Å². The van der Waals surface area contributed by atoms with Gasteiger partial charge in [0.15, 0.2) is 0 Å². The number of nitrogens with zero attached hydrogens (tertiary/aromatic N) is 2. The third-order valence-electron chi connectivity index (χ3n) is 2.58. The zero-order valence-corrected chi connectivity index (χ0v) is 11.7. The van der Waals surface area contributed by atoms with Gasteiger partial charge in [-0.2, -0.15) is 0 Å². The molecule has 1 aromatic carbocycles. The summed E-state index contributed by atoms with van der Waals surface area (Å²) >= 11 is 1.86. The topological polar surface area (TPSA) is 44.0 Å². The molecule has 0 radical (unpaired) electrons. The van der Waals surface area contributed by atoms with E-state index >= 15 is 0 Å². The average Bonchev–Trinajstić information content (AvgIpc) is 2.34. The molecule has 6 heteroatoms. The Bertz CT molecular complexity index is 672. The van der Waals surface area contributed by atoms with E-state index in [1.807, 2.05) is 22.6 Å². The number of aromatic nitrogens is 2. The Morgan fingerprint density at radius 2 is 1.94 bits per heavy atom. The molecule has 0 saturated carbocycles. The SMILES string of the molecule is Cn1cc(I)c(=O)n(Cc2ccccc2F)c1=O. The quantitative estimate of drug-likeness (QED) is 0.759. The van der Waals surface area contributed by atoms with Gasteiger partial charge in [-0.25, -0.2) is 9.18 Å². The van der Waals surface area contributed by atoms with Gasteiger partial charge in [0.05, 0.1) is 10.1 Å². The van der Waals surface area contributed by atoms with Crippen LogP contribution in [0.3, 0.4) is 0 Å². The van der Waals surface area contributed by atoms with Crippen LogP contribution in [0.2, 0.25) is 0 Å². The summed E-state index contributed by atoms with van der Waals surface area (Å²) in [6.07, 6.45) is 1.46. The van der Waals surface area contributed by atoms with Crippen molar-refractivity contribution in [2.45, 2.75) is 6.54 Å². The van der Waals surface area contributed by atoms with E-state index in [0.717, 1.165) is 4.57 Å². The highest BCUT2D eigenvalue weighted by Gasteiger charge is 2.10. The standard InChI is InChI=1S/C12H10FIN2O2/c1-15-7-10(14)11(17)16(12(15)18)6-8-4-2-3-5-9(8)13/h2-5,7H,6H2,1H3. The summed E-state index contributed by atoms with van der Waals surface area (Å²) in [6, 6.07) is 6.09. The first-order chi connectivity index (χ1) is 8.50. The molecule has 0 N–H and O–H groups in total. The Labute approximate surface area is 116 Å². The molecule has 0 aliphatic carbocycles. The van der Waals surface area contributed by atoms with Gasteiger partial charge >= 0.3 is 5.69 Å². The number of hydrogen-bond donors (Lipinski definition) is 0. The van der Waals surface area contributed by atoms with Crippen LogP contribution in [0.4, 0.5) is 4.39 Å². The molecule has 2 aromatic rings. The van der Waals surface area contributed by atoms with Crippen LogP contribution in [0.15, 0.2) is 40.1 Å². The predicted octanol–water partition coefficient (Wildman–Crippen LogP) is 1.34. The molecule has 0 saturated heterocycles. The lowest BCUT2D eigenvalue weighted by Gasteiger charge is -2.08. The van der Waals surface area contributed by atoms with E-state index in [-0.39, 0.29) is 6.54 Å². The van der Waals surface area contributed by atoms with Crippen LogP contribution in [0.1, 0.15) is 5.56 Å². The molecule has 1 aromatic heterocycles. The van der Waals surface area contributed by atoms with Gasteiger partial charge in [-0.3, -0.25) is 9.36 Å². The van der Waals surface area contributed by atoms with Gasteiger partial charge in [-0.15, -0.1) is 0 Å². The van der Waals surface area contributed by atoms with E-state index in [1.165, 1.54) is 16.8 Å². The molecule has 1 heterocycles. The minimum atomic E-state index is -0.455. The van der Waals surface area contributed by atoms with Crippen molar-refractivity contribution in [3.05, 3.63) is 66.3 Å². The summed E-state index contributed by atoms with van der Waals surface area (Å²) in [5.74, 6) is -0.426. The lowest BCUT2D eigenvalue weighted by atomic mass is 10.2. The molecular weight excluding hydrogens is 350 g/mol. The van der Waals surface area contributed by atoms with Gasteiger partial charge in [0, 0.05) is 18.8 Å². The largest absolute Gasteiger partial charge is 0.331 e. The van der Waals surface area contributed by atoms with E-state index in [9.17, 15) is 14.0 Å². The highest BCUT2D eigenvalue weighted by atomic mass is 127. The Morgan fingerprint density at radius 1 is 1.28 bits per heavy atom. The highest BCUT2D eigenvalue weighted by Crippen LogP contribution is 2.06. The molecule has 2 rings (SSSR count). The van der Waals surface area contributed by atoms with Gasteiger partial charge in [-0.1, -0.05) is 18.2 Å². The molecule has 0 aliphatic rings. The molecule has 4 nitrogen and oxygen atoms in total. The molecule has 0 unspecified atom stereocenters. The molecular formula is C12H10FIN2O2. The van der Waals surface area contributed by atoms with Crippen molar-refractivity contribution in [1.29, 1.82) is 0 Å². The lowest BCUT2D eigenvalue weighted by molar-refractivity contribution is 0.576. The summed E-state index contributed by atoms with van der Waals surface area (Å²) in [4.78, 5) is 23.7. The fourth-order valence-corrected chi connectivity index (χ4v) is 2.33. The van der Waals surface area contributed by atoms with E-state index < -0.39 is 17.1 Å². The summed E-state index contributed by atoms with van der Waals surface area (Å²) in [5.41, 5.74) is -0.538. The van der Waals surface area contributed by atoms with Gasteiger partial charge in [0.1, 0.15) is 5.82 Å². The molecule has 0 bridgehead atoms. The number of halogens is 2. The second-order valence-electron chi connectivity index (χ2n) is 3.85. The lowest BCUT2D eigenvalue weighted by Crippen LogP contribution is -2.40.